The van der Waals surface area contributed by atoms with E-state index in [2.05, 4.69) is 15.6 Å². The van der Waals surface area contributed by atoms with Gasteiger partial charge in [0.25, 0.3) is 5.91 Å². The fraction of sp³-hybridized carbons (Fsp3) is 0.105. The summed E-state index contributed by atoms with van der Waals surface area (Å²) >= 11 is 6.13. The summed E-state index contributed by atoms with van der Waals surface area (Å²) in [7, 11) is 0. The van der Waals surface area contributed by atoms with Crippen LogP contribution in [0.25, 0.3) is 10.9 Å². The third-order valence-electron chi connectivity index (χ3n) is 3.83. The van der Waals surface area contributed by atoms with Crippen LogP contribution >= 0.6 is 11.6 Å². The number of hydrogen-bond acceptors (Lipinski definition) is 4. The molecule has 3 rings (SSSR count). The van der Waals surface area contributed by atoms with Gasteiger partial charge in [-0.2, -0.15) is 0 Å². The molecule has 0 saturated heterocycles. The second-order valence-electron chi connectivity index (χ2n) is 5.89. The van der Waals surface area contributed by atoms with Crippen LogP contribution in [-0.2, 0) is 14.3 Å². The van der Waals surface area contributed by atoms with Gasteiger partial charge in [0, 0.05) is 22.7 Å². The molecule has 3 aromatic rings. The lowest BCUT2D eigenvalue weighted by molar-refractivity contribution is -0.126. The van der Waals surface area contributed by atoms with Gasteiger partial charge in [-0.05, 0) is 18.2 Å². The maximum absolute atomic E-state index is 13.1. The molecule has 0 atom stereocenters. The van der Waals surface area contributed by atoms with Gasteiger partial charge in [0.2, 0.25) is 5.91 Å². The summed E-state index contributed by atoms with van der Waals surface area (Å²) in [4.78, 5) is 38.4. The molecule has 29 heavy (non-hydrogen) atoms. The summed E-state index contributed by atoms with van der Waals surface area (Å²) in [6, 6.07) is 9.82. The molecule has 0 spiro atoms. The summed E-state index contributed by atoms with van der Waals surface area (Å²) in [5.74, 6) is -4.39. The Morgan fingerprint density at radius 3 is 2.52 bits per heavy atom. The van der Waals surface area contributed by atoms with Crippen molar-refractivity contribution in [2.24, 2.45) is 0 Å². The summed E-state index contributed by atoms with van der Waals surface area (Å²) in [5, 5.41) is 5.34. The van der Waals surface area contributed by atoms with Crippen molar-refractivity contribution in [1.29, 1.82) is 0 Å². The van der Waals surface area contributed by atoms with Crippen molar-refractivity contribution >= 4 is 46.0 Å². The molecule has 0 bridgehead atoms. The number of aromatic nitrogens is 1. The fourth-order valence-corrected chi connectivity index (χ4v) is 2.75. The van der Waals surface area contributed by atoms with Crippen LogP contribution in [0, 0.1) is 11.6 Å². The van der Waals surface area contributed by atoms with Crippen molar-refractivity contribution in [3.8, 4) is 0 Å². The number of ether oxygens (including phenoxy) is 1. The minimum Gasteiger partial charge on any atom is -0.451 e. The molecular formula is C19H14ClF2N3O4. The molecule has 10 heteroatoms. The predicted molar refractivity (Wildman–Crippen MR) is 102 cm³/mol. The number of H-pyrrole nitrogens is 1. The number of rotatable bonds is 6. The molecule has 0 unspecified atom stereocenters. The third-order valence-corrected chi connectivity index (χ3v) is 4.22. The Balaban J connectivity index is 1.47. The highest BCUT2D eigenvalue weighted by Gasteiger charge is 2.18. The van der Waals surface area contributed by atoms with Crippen LogP contribution in [0.15, 0.2) is 42.5 Å². The average molecular weight is 422 g/mol. The van der Waals surface area contributed by atoms with E-state index in [0.717, 1.165) is 12.1 Å². The molecule has 7 nitrogen and oxygen atoms in total. The number of hydrogen-bond donors (Lipinski definition) is 3. The first-order valence-corrected chi connectivity index (χ1v) is 8.68. The highest BCUT2D eigenvalue weighted by Crippen LogP contribution is 2.27. The van der Waals surface area contributed by atoms with Crippen molar-refractivity contribution in [2.75, 3.05) is 18.5 Å². The van der Waals surface area contributed by atoms with Crippen LogP contribution in [0.2, 0.25) is 5.02 Å². The first kappa shape index (κ1) is 20.3. The number of aromatic amines is 1. The monoisotopic (exact) mass is 421 g/mol. The fourth-order valence-electron chi connectivity index (χ4n) is 2.46. The lowest BCUT2D eigenvalue weighted by atomic mass is 10.2. The van der Waals surface area contributed by atoms with Crippen LogP contribution in [-0.4, -0.2) is 35.9 Å². The van der Waals surface area contributed by atoms with Crippen LogP contribution in [0.1, 0.15) is 10.5 Å². The standard InChI is InChI=1S/C19H14ClF2N3O4/c20-17-11-3-1-2-4-14(11)25-18(17)19(28)29-9-16(27)23-8-15(26)24-10-5-6-12(21)13(22)7-10/h1-7,25H,8-9H2,(H,23,27)(H,24,26). The Hall–Kier alpha value is -3.46. The van der Waals surface area contributed by atoms with Gasteiger partial charge in [0.05, 0.1) is 11.6 Å². The van der Waals surface area contributed by atoms with Gasteiger partial charge < -0.3 is 20.4 Å². The number of fused-ring (bicyclic) bond motifs is 1. The number of halogens is 3. The second-order valence-corrected chi connectivity index (χ2v) is 6.27. The van der Waals surface area contributed by atoms with E-state index in [4.69, 9.17) is 16.3 Å². The minimum absolute atomic E-state index is 0.0109. The smallest absolute Gasteiger partial charge is 0.356 e. The zero-order valence-electron chi connectivity index (χ0n) is 14.7. The summed E-state index contributed by atoms with van der Waals surface area (Å²) in [5.41, 5.74) is 0.683. The summed E-state index contributed by atoms with van der Waals surface area (Å²) in [6.07, 6.45) is 0. The number of anilines is 1. The van der Waals surface area contributed by atoms with Crippen molar-refractivity contribution < 1.29 is 27.9 Å². The van der Waals surface area contributed by atoms with Crippen LogP contribution in [0.3, 0.4) is 0 Å². The molecule has 2 amide bonds. The van der Waals surface area contributed by atoms with Crippen molar-refractivity contribution in [2.45, 2.75) is 0 Å². The quantitative estimate of drug-likeness (QED) is 0.533. The van der Waals surface area contributed by atoms with E-state index in [1.54, 1.807) is 24.3 Å². The number of carbonyl (C=O) groups is 3. The molecule has 1 heterocycles. The van der Waals surface area contributed by atoms with E-state index in [1.165, 1.54) is 6.07 Å². The van der Waals surface area contributed by atoms with E-state index >= 15 is 0 Å². The molecule has 0 aliphatic carbocycles. The topological polar surface area (TPSA) is 100 Å². The normalized spacial score (nSPS) is 10.6. The van der Waals surface area contributed by atoms with Crippen molar-refractivity contribution in [3.05, 3.63) is 64.8 Å². The molecule has 150 valence electrons. The maximum atomic E-state index is 13.1. The molecule has 0 aliphatic heterocycles. The number of carbonyl (C=O) groups excluding carboxylic acids is 3. The van der Waals surface area contributed by atoms with E-state index in [-0.39, 0.29) is 16.4 Å². The lowest BCUT2D eigenvalue weighted by Crippen LogP contribution is -2.35. The maximum Gasteiger partial charge on any atom is 0.356 e. The van der Waals surface area contributed by atoms with Gasteiger partial charge in [-0.15, -0.1) is 0 Å². The van der Waals surface area contributed by atoms with E-state index in [1.807, 2.05) is 0 Å². The third kappa shape index (κ3) is 4.88. The van der Waals surface area contributed by atoms with Crippen LogP contribution < -0.4 is 10.6 Å². The van der Waals surface area contributed by atoms with Gasteiger partial charge in [0.15, 0.2) is 18.2 Å². The average Bonchev–Trinajstić information content (AvgIpc) is 3.04. The number of para-hydroxylation sites is 1. The number of esters is 1. The second kappa shape index (κ2) is 8.70. The van der Waals surface area contributed by atoms with E-state index in [9.17, 15) is 23.2 Å². The number of benzene rings is 2. The molecule has 0 aliphatic rings. The Morgan fingerprint density at radius 1 is 1.03 bits per heavy atom. The Bertz CT molecular complexity index is 1100. The summed E-state index contributed by atoms with van der Waals surface area (Å²) < 4.78 is 30.8. The molecule has 3 N–H and O–H groups in total. The first-order chi connectivity index (χ1) is 13.8. The van der Waals surface area contributed by atoms with E-state index < -0.39 is 42.6 Å². The van der Waals surface area contributed by atoms with Gasteiger partial charge in [-0.25, -0.2) is 13.6 Å². The Labute approximate surface area is 168 Å². The number of amides is 2. The van der Waals surface area contributed by atoms with Crippen molar-refractivity contribution in [1.82, 2.24) is 10.3 Å². The minimum atomic E-state index is -1.12. The largest absolute Gasteiger partial charge is 0.451 e. The molecule has 2 aromatic carbocycles. The zero-order valence-corrected chi connectivity index (χ0v) is 15.5. The molecule has 1 aromatic heterocycles. The Morgan fingerprint density at radius 2 is 1.79 bits per heavy atom. The van der Waals surface area contributed by atoms with Gasteiger partial charge in [-0.1, -0.05) is 29.8 Å². The van der Waals surface area contributed by atoms with Crippen molar-refractivity contribution in [3.63, 3.8) is 0 Å². The van der Waals surface area contributed by atoms with Crippen LogP contribution in [0.5, 0.6) is 0 Å². The van der Waals surface area contributed by atoms with Gasteiger partial charge >= 0.3 is 5.97 Å². The number of nitrogens with one attached hydrogen (secondary N) is 3. The van der Waals surface area contributed by atoms with Gasteiger partial charge in [0.1, 0.15) is 5.69 Å². The lowest BCUT2D eigenvalue weighted by Gasteiger charge is -2.08. The molecule has 0 saturated carbocycles. The molecule has 0 fully saturated rings. The molecule has 0 radical (unpaired) electrons. The first-order valence-electron chi connectivity index (χ1n) is 8.30. The van der Waals surface area contributed by atoms with Gasteiger partial charge in [-0.3, -0.25) is 9.59 Å². The Kier molecular flexibility index (Phi) is 6.08. The highest BCUT2D eigenvalue weighted by atomic mass is 35.5. The highest BCUT2D eigenvalue weighted by molar-refractivity contribution is 6.38. The van der Waals surface area contributed by atoms with E-state index in [0.29, 0.717) is 10.9 Å². The zero-order chi connectivity index (χ0) is 21.0. The predicted octanol–water partition coefficient (Wildman–Crippen LogP) is 3.01. The SMILES string of the molecule is O=C(COC(=O)c1[nH]c2ccccc2c1Cl)NCC(=O)Nc1ccc(F)c(F)c1. The van der Waals surface area contributed by atoms with Crippen LogP contribution in [0.4, 0.5) is 14.5 Å². The molecular weight excluding hydrogens is 408 g/mol. The summed E-state index contributed by atoms with van der Waals surface area (Å²) in [6.45, 7) is -1.09.